The van der Waals surface area contributed by atoms with Gasteiger partial charge in [0.25, 0.3) is 0 Å². The maximum absolute atomic E-state index is 14.9. The maximum atomic E-state index is 14.9. The summed E-state index contributed by atoms with van der Waals surface area (Å²) in [7, 11) is 0. The molecule has 1 aromatic carbocycles. The Morgan fingerprint density at radius 2 is 2.19 bits per heavy atom. The highest BCUT2D eigenvalue weighted by Crippen LogP contribution is 2.38. The fraction of sp³-hybridized carbons (Fsp3) is 0. The number of carbonyl (C=O) groups is 1. The van der Waals surface area contributed by atoms with Crippen LogP contribution >= 0.6 is 11.6 Å². The third kappa shape index (κ3) is 2.76. The number of aromatic amines is 1. The molecule has 0 radical (unpaired) electrons. The molecule has 4 rings (SSSR count). The molecule has 27 heavy (non-hydrogen) atoms. The van der Waals surface area contributed by atoms with E-state index in [0.29, 0.717) is 40.0 Å². The molecule has 2 N–H and O–H groups in total. The highest BCUT2D eigenvalue weighted by Gasteiger charge is 2.21. The number of aromatic nitrogens is 5. The number of H-pyrrole nitrogens is 1. The molecule has 1 amide bonds. The topological polar surface area (TPSA) is 88.0 Å². The predicted octanol–water partition coefficient (Wildman–Crippen LogP) is 3.83. The second kappa shape index (κ2) is 6.65. The number of nitrogens with zero attached hydrogens (tertiary/aromatic N) is 4. The quantitative estimate of drug-likeness (QED) is 0.405. The first-order valence-electron chi connectivity index (χ1n) is 7.82. The van der Waals surface area contributed by atoms with Crippen molar-refractivity contribution in [3.8, 4) is 11.3 Å². The summed E-state index contributed by atoms with van der Waals surface area (Å²) in [5.41, 5.74) is 2.16. The molecule has 9 heteroatoms. The molecule has 0 bridgehead atoms. The Hall–Kier alpha value is -3.52. The largest absolute Gasteiger partial charge is 0.312 e. The van der Waals surface area contributed by atoms with Crippen molar-refractivity contribution in [2.24, 2.45) is 0 Å². The number of imidazole rings is 1. The molecule has 4 aromatic rings. The van der Waals surface area contributed by atoms with Crippen molar-refractivity contribution >= 4 is 46.5 Å². The lowest BCUT2D eigenvalue weighted by Crippen LogP contribution is -1.95. The molecule has 0 fully saturated rings. The SMILES string of the molecule is C=C/C=C/c1c(F)c(Cl)c(-c2cn3cc(NC=O)nc3cn2)c2cn[nH]c12. The van der Waals surface area contributed by atoms with E-state index in [2.05, 4.69) is 32.1 Å². The van der Waals surface area contributed by atoms with E-state index in [4.69, 9.17) is 11.6 Å². The number of hydrogen-bond acceptors (Lipinski definition) is 4. The van der Waals surface area contributed by atoms with Crippen molar-refractivity contribution in [3.63, 3.8) is 0 Å². The van der Waals surface area contributed by atoms with Crippen LogP contribution in [0.2, 0.25) is 5.02 Å². The Morgan fingerprint density at radius 3 is 2.96 bits per heavy atom. The monoisotopic (exact) mass is 382 g/mol. The van der Waals surface area contributed by atoms with Crippen molar-refractivity contribution in [1.82, 2.24) is 24.6 Å². The number of carbonyl (C=O) groups excluding carboxylic acids is 1. The summed E-state index contributed by atoms with van der Waals surface area (Å²) < 4.78 is 16.6. The van der Waals surface area contributed by atoms with Crippen LogP contribution in [0.15, 0.2) is 43.5 Å². The van der Waals surface area contributed by atoms with E-state index < -0.39 is 5.82 Å². The lowest BCUT2D eigenvalue weighted by Gasteiger charge is -2.10. The van der Waals surface area contributed by atoms with Gasteiger partial charge in [-0.25, -0.2) is 9.37 Å². The zero-order chi connectivity index (χ0) is 19.0. The van der Waals surface area contributed by atoms with E-state index >= 15 is 0 Å². The molecule has 0 aliphatic heterocycles. The van der Waals surface area contributed by atoms with Crippen molar-refractivity contribution in [3.05, 3.63) is 59.9 Å². The van der Waals surface area contributed by atoms with Crippen LogP contribution < -0.4 is 5.32 Å². The minimum atomic E-state index is -0.586. The van der Waals surface area contributed by atoms with Crippen LogP contribution in [0.25, 0.3) is 33.9 Å². The van der Waals surface area contributed by atoms with Crippen molar-refractivity contribution in [1.29, 1.82) is 0 Å². The maximum Gasteiger partial charge on any atom is 0.212 e. The minimum Gasteiger partial charge on any atom is -0.312 e. The van der Waals surface area contributed by atoms with E-state index in [1.54, 1.807) is 41.2 Å². The van der Waals surface area contributed by atoms with Gasteiger partial charge in [0.1, 0.15) is 0 Å². The first kappa shape index (κ1) is 16.9. The average molecular weight is 383 g/mol. The minimum absolute atomic E-state index is 0.0641. The van der Waals surface area contributed by atoms with Gasteiger partial charge in [-0.3, -0.25) is 14.9 Å². The summed E-state index contributed by atoms with van der Waals surface area (Å²) in [6, 6.07) is 0. The second-order valence-corrected chi connectivity index (χ2v) is 5.97. The predicted molar refractivity (Wildman–Crippen MR) is 102 cm³/mol. The van der Waals surface area contributed by atoms with Gasteiger partial charge in [-0.05, 0) is 6.08 Å². The van der Waals surface area contributed by atoms with E-state index in [-0.39, 0.29) is 10.6 Å². The number of allylic oxidation sites excluding steroid dienone is 2. The molecule has 0 atom stereocenters. The summed E-state index contributed by atoms with van der Waals surface area (Å²) >= 11 is 6.35. The Labute approximate surface area is 157 Å². The van der Waals surface area contributed by atoms with Gasteiger partial charge in [-0.1, -0.05) is 30.3 Å². The van der Waals surface area contributed by atoms with Crippen LogP contribution in [-0.2, 0) is 4.79 Å². The summed E-state index contributed by atoms with van der Waals surface area (Å²) in [5.74, 6) is -0.211. The van der Waals surface area contributed by atoms with Gasteiger partial charge >= 0.3 is 0 Å². The molecule has 3 aromatic heterocycles. The summed E-state index contributed by atoms with van der Waals surface area (Å²) in [6.07, 6.45) is 11.6. The number of fused-ring (bicyclic) bond motifs is 2. The Kier molecular flexibility index (Phi) is 4.17. The smallest absolute Gasteiger partial charge is 0.212 e. The molecule has 0 aliphatic rings. The van der Waals surface area contributed by atoms with Gasteiger partial charge in [0.05, 0.1) is 34.8 Å². The van der Waals surface area contributed by atoms with E-state index in [9.17, 15) is 9.18 Å². The molecule has 0 unspecified atom stereocenters. The lowest BCUT2D eigenvalue weighted by molar-refractivity contribution is -0.105. The molecule has 0 saturated carbocycles. The van der Waals surface area contributed by atoms with E-state index in [0.717, 1.165) is 0 Å². The lowest BCUT2D eigenvalue weighted by atomic mass is 10.0. The fourth-order valence-corrected chi connectivity index (χ4v) is 3.17. The summed E-state index contributed by atoms with van der Waals surface area (Å²) in [5, 5.41) is 9.86. The molecule has 134 valence electrons. The molecule has 3 heterocycles. The molecule has 7 nitrogen and oxygen atoms in total. The average Bonchev–Trinajstić information content (AvgIpc) is 3.28. The van der Waals surface area contributed by atoms with Gasteiger partial charge in [0.15, 0.2) is 17.3 Å². The first-order chi connectivity index (χ1) is 13.1. The summed E-state index contributed by atoms with van der Waals surface area (Å²) in [4.78, 5) is 19.1. The van der Waals surface area contributed by atoms with E-state index in [1.807, 2.05) is 0 Å². The number of rotatable bonds is 5. The molecular formula is C18H12ClFN6O. The van der Waals surface area contributed by atoms with Crippen LogP contribution in [0.1, 0.15) is 5.56 Å². The third-order valence-electron chi connectivity index (χ3n) is 4.03. The van der Waals surface area contributed by atoms with Crippen LogP contribution in [0.5, 0.6) is 0 Å². The number of anilines is 1. The number of hydrogen-bond donors (Lipinski definition) is 2. The normalized spacial score (nSPS) is 11.5. The first-order valence-corrected chi connectivity index (χ1v) is 8.20. The highest BCUT2D eigenvalue weighted by atomic mass is 35.5. The number of benzene rings is 1. The standard InChI is InChI=1S/C18H12ClFN6O/c1-2-3-4-10-17(20)16(19)15(11-5-23-25-18(10)11)12-7-26-8-13(22-9-27)24-14(26)6-21-12/h2-9H,1H2,(H,22,27)(H,23,25)/b4-3+. The molecule has 0 spiro atoms. The molecule has 0 aliphatic carbocycles. The van der Waals surface area contributed by atoms with Crippen molar-refractivity contribution in [2.45, 2.75) is 0 Å². The van der Waals surface area contributed by atoms with Gasteiger partial charge in [-0.2, -0.15) is 5.10 Å². The van der Waals surface area contributed by atoms with Crippen LogP contribution in [0, 0.1) is 5.82 Å². The molecular weight excluding hydrogens is 371 g/mol. The summed E-state index contributed by atoms with van der Waals surface area (Å²) in [6.45, 7) is 3.59. The van der Waals surface area contributed by atoms with Crippen LogP contribution in [0.4, 0.5) is 10.2 Å². The Bertz CT molecular complexity index is 1230. The third-order valence-corrected chi connectivity index (χ3v) is 4.38. The van der Waals surface area contributed by atoms with E-state index in [1.165, 1.54) is 6.20 Å². The number of nitrogens with one attached hydrogen (secondary N) is 2. The van der Waals surface area contributed by atoms with Crippen molar-refractivity contribution < 1.29 is 9.18 Å². The van der Waals surface area contributed by atoms with Gasteiger partial charge in [-0.15, -0.1) is 0 Å². The second-order valence-electron chi connectivity index (χ2n) is 5.60. The highest BCUT2D eigenvalue weighted by molar-refractivity contribution is 6.35. The number of halogens is 2. The van der Waals surface area contributed by atoms with Gasteiger partial charge in [0.2, 0.25) is 6.41 Å². The zero-order valence-electron chi connectivity index (χ0n) is 13.8. The number of amides is 1. The van der Waals surface area contributed by atoms with Crippen LogP contribution in [-0.4, -0.2) is 31.0 Å². The van der Waals surface area contributed by atoms with Gasteiger partial charge in [0, 0.05) is 22.7 Å². The fourth-order valence-electron chi connectivity index (χ4n) is 2.87. The van der Waals surface area contributed by atoms with Gasteiger partial charge < -0.3 is 9.72 Å². The molecule has 0 saturated heterocycles. The Morgan fingerprint density at radius 1 is 1.33 bits per heavy atom. The Balaban J connectivity index is 1.96. The van der Waals surface area contributed by atoms with Crippen LogP contribution in [0.3, 0.4) is 0 Å². The van der Waals surface area contributed by atoms with Crippen molar-refractivity contribution in [2.75, 3.05) is 5.32 Å². The zero-order valence-corrected chi connectivity index (χ0v) is 14.5.